The third-order valence-electron chi connectivity index (χ3n) is 1.42. The average Bonchev–Trinajstić information content (AvgIpc) is 2.68. The zero-order valence-corrected chi connectivity index (χ0v) is 11.4. The minimum absolute atomic E-state index is 0.262. The summed E-state index contributed by atoms with van der Waals surface area (Å²) in [5, 5.41) is 0.932. The Labute approximate surface area is 131 Å². The summed E-state index contributed by atoms with van der Waals surface area (Å²) in [5.41, 5.74) is 0.597. The van der Waals surface area contributed by atoms with Crippen molar-refractivity contribution in [2.45, 2.75) is 0 Å². The number of rotatable bonds is 0. The van der Waals surface area contributed by atoms with Gasteiger partial charge in [0.25, 0.3) is 0 Å². The van der Waals surface area contributed by atoms with Gasteiger partial charge in [0, 0.05) is 11.5 Å². The molecule has 0 unspecified atom stereocenters. The molecule has 1 nitrogen and oxygen atoms in total. The minimum atomic E-state index is -6.00. The van der Waals surface area contributed by atoms with Gasteiger partial charge in [0.05, 0.1) is 6.26 Å². The summed E-state index contributed by atoms with van der Waals surface area (Å²) < 4.78 is 134. The van der Waals surface area contributed by atoms with Gasteiger partial charge in [-0.15, -0.1) is 0 Å². The first-order chi connectivity index (χ1) is 10.9. The largest absolute Gasteiger partial charge is 0.673 e. The van der Waals surface area contributed by atoms with Gasteiger partial charge in [-0.2, -0.15) is 0 Å². The first-order valence-corrected chi connectivity index (χ1v) is 5.61. The van der Waals surface area contributed by atoms with E-state index in [9.17, 15) is 56.2 Å². The maximum atomic E-state index is 12.5. The van der Waals surface area contributed by atoms with E-state index in [-0.39, 0.29) is 5.82 Å². The van der Waals surface area contributed by atoms with Crippen molar-refractivity contribution in [1.82, 2.24) is 0 Å². The molecule has 0 saturated carbocycles. The molecule has 2 rings (SSSR count). The Morgan fingerprint density at radius 2 is 0.960 bits per heavy atom. The van der Waals surface area contributed by atoms with E-state index in [4.69, 9.17) is 4.42 Å². The van der Waals surface area contributed by atoms with Gasteiger partial charge in [-0.25, -0.2) is 4.39 Å². The molecule has 0 fully saturated rings. The molecular formula is C8H5B3F13O-3. The quantitative estimate of drug-likeness (QED) is 0.367. The van der Waals surface area contributed by atoms with Crippen molar-refractivity contribution in [2.24, 2.45) is 0 Å². The lowest BCUT2D eigenvalue weighted by Crippen LogP contribution is -2.02. The molecule has 0 atom stereocenters. The molecule has 1 heterocycles. The summed E-state index contributed by atoms with van der Waals surface area (Å²) in [6.07, 6.45) is 1.55. The maximum Gasteiger partial charge on any atom is 0.673 e. The Morgan fingerprint density at radius 3 is 1.32 bits per heavy atom. The summed E-state index contributed by atoms with van der Waals surface area (Å²) in [6, 6.07) is 6.27. The highest BCUT2D eigenvalue weighted by molar-refractivity contribution is 6.50. The molecule has 0 aliphatic carbocycles. The predicted octanol–water partition coefficient (Wildman–Crippen LogP) is 6.47. The molecule has 0 bridgehead atoms. The van der Waals surface area contributed by atoms with E-state index in [1.54, 1.807) is 18.4 Å². The van der Waals surface area contributed by atoms with E-state index in [1.807, 2.05) is 0 Å². The number of furan rings is 1. The van der Waals surface area contributed by atoms with Crippen molar-refractivity contribution in [3.8, 4) is 0 Å². The molecule has 0 N–H and O–H groups in total. The zero-order chi connectivity index (χ0) is 20.5. The zero-order valence-electron chi connectivity index (χ0n) is 11.4. The Bertz CT molecular complexity index is 555. The van der Waals surface area contributed by atoms with E-state index in [0.29, 0.717) is 5.58 Å². The van der Waals surface area contributed by atoms with Crippen LogP contribution in [0.3, 0.4) is 0 Å². The number of benzene rings is 1. The molecule has 2 aromatic rings. The smallest absolute Gasteiger partial charge is 0.464 e. The first kappa shape index (κ1) is 25.3. The lowest BCUT2D eigenvalue weighted by atomic mass is 10.2. The SMILES string of the molecule is F[B-](F)(F)F.F[B-](F)(F)F.F[B-](F)(F)F.Fc1ccc2ccoc2c1. The summed E-state index contributed by atoms with van der Waals surface area (Å²) in [7, 11) is -18.0. The lowest BCUT2D eigenvalue weighted by Gasteiger charge is -1.94. The fraction of sp³-hybridized carbons (Fsp3) is 0. The summed E-state index contributed by atoms with van der Waals surface area (Å²) >= 11 is 0. The Balaban J connectivity index is 0. The van der Waals surface area contributed by atoms with Crippen LogP contribution in [0.25, 0.3) is 11.0 Å². The molecule has 0 spiro atoms. The molecule has 0 radical (unpaired) electrons. The van der Waals surface area contributed by atoms with Crippen LogP contribution < -0.4 is 0 Å². The molecule has 0 aliphatic rings. The summed E-state index contributed by atoms with van der Waals surface area (Å²) in [5.74, 6) is -0.262. The lowest BCUT2D eigenvalue weighted by molar-refractivity contribution is 0.366. The summed E-state index contributed by atoms with van der Waals surface area (Å²) in [6.45, 7) is 0. The van der Waals surface area contributed by atoms with Crippen LogP contribution in [0, 0.1) is 5.82 Å². The van der Waals surface area contributed by atoms with E-state index in [1.165, 1.54) is 12.1 Å². The third-order valence-corrected chi connectivity index (χ3v) is 1.42. The predicted molar refractivity (Wildman–Crippen MR) is 66.7 cm³/mol. The van der Waals surface area contributed by atoms with Gasteiger partial charge in [-0.05, 0) is 18.2 Å². The van der Waals surface area contributed by atoms with E-state index in [0.717, 1.165) is 5.39 Å². The molecule has 25 heavy (non-hydrogen) atoms. The maximum absolute atomic E-state index is 12.5. The van der Waals surface area contributed by atoms with Crippen LogP contribution in [0.1, 0.15) is 0 Å². The third kappa shape index (κ3) is 30.5. The van der Waals surface area contributed by atoms with Crippen LogP contribution in [-0.4, -0.2) is 21.8 Å². The number of halogens is 13. The second-order valence-corrected chi connectivity index (χ2v) is 3.59. The molecule has 0 amide bonds. The highest BCUT2D eigenvalue weighted by Gasteiger charge is 2.21. The topological polar surface area (TPSA) is 13.1 Å². The van der Waals surface area contributed by atoms with Gasteiger partial charge in [-0.1, -0.05) is 0 Å². The van der Waals surface area contributed by atoms with Gasteiger partial charge in [-0.3, -0.25) is 0 Å². The van der Waals surface area contributed by atoms with Crippen LogP contribution in [0.5, 0.6) is 0 Å². The van der Waals surface area contributed by atoms with Crippen molar-refractivity contribution in [3.63, 3.8) is 0 Å². The molecule has 0 aliphatic heterocycles. The fourth-order valence-electron chi connectivity index (χ4n) is 0.929. The minimum Gasteiger partial charge on any atom is -0.464 e. The van der Waals surface area contributed by atoms with Crippen LogP contribution >= 0.6 is 0 Å². The van der Waals surface area contributed by atoms with E-state index >= 15 is 0 Å². The van der Waals surface area contributed by atoms with Gasteiger partial charge in [0.2, 0.25) is 0 Å². The second kappa shape index (κ2) is 10.1. The van der Waals surface area contributed by atoms with Crippen molar-refractivity contribution in [1.29, 1.82) is 0 Å². The average molecular weight is 397 g/mol. The number of hydrogen-bond donors (Lipinski definition) is 0. The standard InChI is InChI=1S/C8H5FO.3BF4/c9-7-2-1-6-3-4-10-8(6)5-7;3*2-1(3,4)5/h1-5H;;;/q;3*-1. The normalized spacial score (nSPS) is 11.4. The van der Waals surface area contributed by atoms with Gasteiger partial charge < -0.3 is 56.2 Å². The Hall–Kier alpha value is -1.96. The first-order valence-electron chi connectivity index (χ1n) is 5.61. The van der Waals surface area contributed by atoms with Crippen LogP contribution in [-0.2, 0) is 0 Å². The number of hydrogen-bond acceptors (Lipinski definition) is 1. The van der Waals surface area contributed by atoms with Crippen LogP contribution in [0.4, 0.5) is 56.2 Å². The van der Waals surface area contributed by atoms with Gasteiger partial charge in [0.1, 0.15) is 11.4 Å². The van der Waals surface area contributed by atoms with E-state index < -0.39 is 21.8 Å². The van der Waals surface area contributed by atoms with Crippen LogP contribution in [0.15, 0.2) is 34.9 Å². The molecule has 146 valence electrons. The highest BCUT2D eigenvalue weighted by Crippen LogP contribution is 2.15. The Kier molecular flexibility index (Phi) is 10.2. The van der Waals surface area contributed by atoms with Gasteiger partial charge in [0.15, 0.2) is 0 Å². The molecule has 1 aromatic heterocycles. The van der Waals surface area contributed by atoms with Crippen molar-refractivity contribution in [2.75, 3.05) is 0 Å². The molecule has 17 heteroatoms. The van der Waals surface area contributed by atoms with Crippen molar-refractivity contribution < 1.29 is 60.6 Å². The number of fused-ring (bicyclic) bond motifs is 1. The molecular weight excluding hydrogens is 391 g/mol. The van der Waals surface area contributed by atoms with Gasteiger partial charge >= 0.3 is 21.8 Å². The van der Waals surface area contributed by atoms with E-state index in [2.05, 4.69) is 0 Å². The van der Waals surface area contributed by atoms with Crippen molar-refractivity contribution in [3.05, 3.63) is 36.3 Å². The van der Waals surface area contributed by atoms with Crippen LogP contribution in [0.2, 0.25) is 0 Å². The monoisotopic (exact) mass is 397 g/mol. The fourth-order valence-corrected chi connectivity index (χ4v) is 0.929. The highest BCUT2D eigenvalue weighted by atomic mass is 19.5. The second-order valence-electron chi connectivity index (χ2n) is 3.59. The van der Waals surface area contributed by atoms with Crippen molar-refractivity contribution >= 4 is 32.7 Å². The Morgan fingerprint density at radius 1 is 0.600 bits per heavy atom. The molecule has 1 aromatic carbocycles. The summed E-state index contributed by atoms with van der Waals surface area (Å²) in [4.78, 5) is 0. The molecule has 0 saturated heterocycles.